The van der Waals surface area contributed by atoms with Gasteiger partial charge in [0.05, 0.1) is 6.42 Å². The molecule has 1 unspecified atom stereocenters. The van der Waals surface area contributed by atoms with E-state index in [1.54, 1.807) is 6.08 Å². The normalized spacial score (nSPS) is 13.1. The molecule has 0 saturated carbocycles. The van der Waals surface area contributed by atoms with Crippen LogP contribution in [0.1, 0.15) is 181 Å². The standard InChI is InChI=1S/C52H82O6/c1-4-7-10-13-16-19-21-23-24-25-26-27-29-30-33-36-39-42-45-51(54)57-48-49(47-56-50(53)44-41-38-35-32-18-15-12-9-6-3)58-52(55)46-43-40-37-34-31-28-22-20-17-14-11-8-5-2/h9-10,12-13,16,18-19,21,23-28,31-32,38,41,49H,4-8,11,14-15,17,20,22,29-30,33-37,39-40,42-48H2,1-3H3/b12-9-,13-10-,19-16-,23-21-,25-24-,27-26-,31-28-,32-18-,41-38-. The number of carbonyl (C=O) groups excluding carboxylic acids is 3. The van der Waals surface area contributed by atoms with Crippen LogP contribution in [0.4, 0.5) is 0 Å². The van der Waals surface area contributed by atoms with Crippen molar-refractivity contribution in [2.24, 2.45) is 0 Å². The molecule has 1 atom stereocenters. The van der Waals surface area contributed by atoms with Gasteiger partial charge in [-0.05, 0) is 77.0 Å². The molecule has 0 aliphatic rings. The summed E-state index contributed by atoms with van der Waals surface area (Å²) in [5, 5.41) is 0. The largest absolute Gasteiger partial charge is 0.462 e. The monoisotopic (exact) mass is 803 g/mol. The first-order valence-electron chi connectivity index (χ1n) is 23.0. The highest BCUT2D eigenvalue weighted by Crippen LogP contribution is 2.12. The number of carbonyl (C=O) groups is 3. The van der Waals surface area contributed by atoms with E-state index in [0.29, 0.717) is 6.42 Å². The van der Waals surface area contributed by atoms with Crippen molar-refractivity contribution in [1.82, 2.24) is 0 Å². The van der Waals surface area contributed by atoms with Gasteiger partial charge in [-0.15, -0.1) is 0 Å². The Hall–Kier alpha value is -3.93. The van der Waals surface area contributed by atoms with Gasteiger partial charge in [0.15, 0.2) is 6.10 Å². The van der Waals surface area contributed by atoms with Gasteiger partial charge in [0.25, 0.3) is 0 Å². The van der Waals surface area contributed by atoms with Crippen LogP contribution in [0, 0.1) is 0 Å². The third kappa shape index (κ3) is 43.2. The van der Waals surface area contributed by atoms with Gasteiger partial charge in [0, 0.05) is 12.8 Å². The maximum absolute atomic E-state index is 12.7. The molecule has 0 aliphatic carbocycles. The van der Waals surface area contributed by atoms with Gasteiger partial charge in [0.1, 0.15) is 13.2 Å². The van der Waals surface area contributed by atoms with Crippen molar-refractivity contribution in [3.8, 4) is 0 Å². The Morgan fingerprint density at radius 2 is 0.845 bits per heavy atom. The van der Waals surface area contributed by atoms with Crippen molar-refractivity contribution in [1.29, 1.82) is 0 Å². The van der Waals surface area contributed by atoms with E-state index in [1.807, 2.05) is 42.5 Å². The van der Waals surface area contributed by atoms with Gasteiger partial charge >= 0.3 is 17.9 Å². The zero-order chi connectivity index (χ0) is 42.3. The third-order valence-electron chi connectivity index (χ3n) is 9.12. The molecule has 6 nitrogen and oxygen atoms in total. The van der Waals surface area contributed by atoms with Crippen molar-refractivity contribution in [2.75, 3.05) is 13.2 Å². The van der Waals surface area contributed by atoms with Crippen LogP contribution < -0.4 is 0 Å². The topological polar surface area (TPSA) is 78.9 Å². The van der Waals surface area contributed by atoms with Crippen LogP contribution >= 0.6 is 0 Å². The second kappa shape index (κ2) is 45.8. The number of hydrogen-bond acceptors (Lipinski definition) is 6. The summed E-state index contributed by atoms with van der Waals surface area (Å²) in [6, 6.07) is 0. The van der Waals surface area contributed by atoms with E-state index in [2.05, 4.69) is 81.5 Å². The summed E-state index contributed by atoms with van der Waals surface area (Å²) < 4.78 is 16.5. The Balaban J connectivity index is 4.51. The molecule has 0 saturated heterocycles. The molecule has 58 heavy (non-hydrogen) atoms. The number of rotatable bonds is 39. The molecule has 6 heteroatoms. The second-order valence-corrected chi connectivity index (χ2v) is 14.7. The molecule has 0 heterocycles. The quantitative estimate of drug-likeness (QED) is 0.0202. The number of esters is 3. The number of allylic oxidation sites excluding steroid dienone is 17. The van der Waals surface area contributed by atoms with Crippen LogP contribution in [-0.2, 0) is 28.6 Å². The smallest absolute Gasteiger partial charge is 0.309 e. The molecule has 0 radical (unpaired) electrons. The zero-order valence-electron chi connectivity index (χ0n) is 37.0. The predicted octanol–water partition coefficient (Wildman–Crippen LogP) is 14.8. The Morgan fingerprint density at radius 1 is 0.397 bits per heavy atom. The van der Waals surface area contributed by atoms with E-state index in [4.69, 9.17) is 14.2 Å². The summed E-state index contributed by atoms with van der Waals surface area (Å²) >= 11 is 0. The molecule has 0 aliphatic heterocycles. The Bertz CT molecular complexity index is 1240. The lowest BCUT2D eigenvalue weighted by Crippen LogP contribution is -2.30. The summed E-state index contributed by atoms with van der Waals surface area (Å²) in [5.74, 6) is -1.11. The fraction of sp³-hybridized carbons (Fsp3) is 0.596. The molecule has 326 valence electrons. The van der Waals surface area contributed by atoms with E-state index < -0.39 is 12.1 Å². The third-order valence-corrected chi connectivity index (χ3v) is 9.12. The van der Waals surface area contributed by atoms with Gasteiger partial charge in [-0.2, -0.15) is 0 Å². The van der Waals surface area contributed by atoms with Crippen molar-refractivity contribution in [3.63, 3.8) is 0 Å². The summed E-state index contributed by atoms with van der Waals surface area (Å²) in [7, 11) is 0. The van der Waals surface area contributed by atoms with Gasteiger partial charge in [-0.3, -0.25) is 14.4 Å². The Kier molecular flexibility index (Phi) is 42.7. The average Bonchev–Trinajstić information content (AvgIpc) is 3.22. The van der Waals surface area contributed by atoms with Crippen molar-refractivity contribution in [2.45, 2.75) is 187 Å². The average molecular weight is 803 g/mol. The van der Waals surface area contributed by atoms with E-state index in [-0.39, 0.29) is 38.0 Å². The maximum Gasteiger partial charge on any atom is 0.309 e. The first-order chi connectivity index (χ1) is 28.5. The van der Waals surface area contributed by atoms with E-state index in [1.165, 1.54) is 44.9 Å². The van der Waals surface area contributed by atoms with Crippen LogP contribution in [-0.4, -0.2) is 37.2 Å². The lowest BCUT2D eigenvalue weighted by molar-refractivity contribution is -0.166. The number of hydrogen-bond donors (Lipinski definition) is 0. The van der Waals surface area contributed by atoms with Crippen molar-refractivity contribution < 1.29 is 28.6 Å². The van der Waals surface area contributed by atoms with Crippen LogP contribution in [0.2, 0.25) is 0 Å². The highest BCUT2D eigenvalue weighted by atomic mass is 16.6. The second-order valence-electron chi connectivity index (χ2n) is 14.7. The molecule has 0 spiro atoms. The molecular formula is C52H82O6. The Labute approximate surface area is 355 Å². The SMILES string of the molecule is CC/C=C\C/C=C\C/C=C\CC(=O)OCC(COC(=O)CCCCCCC\C=C/C=C\C=C/C=C\C=C/CCC)OC(=O)CCCCC/C=C\CCCCCCCC. The molecule has 0 aromatic rings. The first-order valence-corrected chi connectivity index (χ1v) is 23.0. The molecule has 0 fully saturated rings. The van der Waals surface area contributed by atoms with Gasteiger partial charge in [-0.25, -0.2) is 0 Å². The van der Waals surface area contributed by atoms with Crippen LogP contribution in [0.3, 0.4) is 0 Å². The van der Waals surface area contributed by atoms with E-state index >= 15 is 0 Å². The van der Waals surface area contributed by atoms with Gasteiger partial charge < -0.3 is 14.2 Å². The number of unbranched alkanes of at least 4 members (excludes halogenated alkanes) is 15. The highest BCUT2D eigenvalue weighted by molar-refractivity contribution is 5.72. The molecule has 0 aromatic heterocycles. The van der Waals surface area contributed by atoms with Crippen molar-refractivity contribution >= 4 is 17.9 Å². The van der Waals surface area contributed by atoms with Gasteiger partial charge in [-0.1, -0.05) is 194 Å². The minimum Gasteiger partial charge on any atom is -0.462 e. The summed E-state index contributed by atoms with van der Waals surface area (Å²) in [6.07, 6.45) is 61.0. The summed E-state index contributed by atoms with van der Waals surface area (Å²) in [5.41, 5.74) is 0. The highest BCUT2D eigenvalue weighted by Gasteiger charge is 2.19. The number of ether oxygens (including phenoxy) is 3. The van der Waals surface area contributed by atoms with E-state index in [9.17, 15) is 14.4 Å². The minimum atomic E-state index is -0.832. The molecular weight excluding hydrogens is 721 g/mol. The minimum absolute atomic E-state index is 0.123. The molecule has 0 bridgehead atoms. The van der Waals surface area contributed by atoms with Crippen LogP contribution in [0.15, 0.2) is 109 Å². The Morgan fingerprint density at radius 3 is 1.43 bits per heavy atom. The zero-order valence-corrected chi connectivity index (χ0v) is 37.0. The molecule has 0 aromatic carbocycles. The summed E-state index contributed by atoms with van der Waals surface area (Å²) in [4.78, 5) is 37.6. The van der Waals surface area contributed by atoms with Gasteiger partial charge in [0.2, 0.25) is 0 Å². The lowest BCUT2D eigenvalue weighted by Gasteiger charge is -2.18. The molecule has 0 amide bonds. The van der Waals surface area contributed by atoms with Crippen molar-refractivity contribution in [3.05, 3.63) is 109 Å². The lowest BCUT2D eigenvalue weighted by atomic mass is 10.1. The van der Waals surface area contributed by atoms with E-state index in [0.717, 1.165) is 96.3 Å². The summed E-state index contributed by atoms with van der Waals surface area (Å²) in [6.45, 7) is 6.26. The molecule has 0 rings (SSSR count). The van der Waals surface area contributed by atoms with Crippen LogP contribution in [0.25, 0.3) is 0 Å². The maximum atomic E-state index is 12.7. The van der Waals surface area contributed by atoms with Crippen LogP contribution in [0.5, 0.6) is 0 Å². The first kappa shape index (κ1) is 54.1. The molecule has 0 N–H and O–H groups in total. The predicted molar refractivity (Wildman–Crippen MR) is 247 cm³/mol. The fourth-order valence-electron chi connectivity index (χ4n) is 5.70. The fourth-order valence-corrected chi connectivity index (χ4v) is 5.70.